The number of alkyl halides is 2. The van der Waals surface area contributed by atoms with Gasteiger partial charge in [-0.1, -0.05) is 17.7 Å². The first kappa shape index (κ1) is 22.0. The molecule has 2 aliphatic rings. The fraction of sp³-hybridized carbons (Fsp3) is 0.333. The van der Waals surface area contributed by atoms with Crippen molar-refractivity contribution in [2.75, 3.05) is 11.9 Å². The molecule has 11 heteroatoms. The van der Waals surface area contributed by atoms with Crippen LogP contribution < -0.4 is 15.8 Å². The Balaban J connectivity index is 1.58. The van der Waals surface area contributed by atoms with Gasteiger partial charge in [0.1, 0.15) is 11.5 Å². The van der Waals surface area contributed by atoms with Crippen LogP contribution in [-0.4, -0.2) is 38.8 Å². The molecule has 4 rings (SSSR count). The quantitative estimate of drug-likeness (QED) is 0.641. The van der Waals surface area contributed by atoms with Crippen molar-refractivity contribution in [3.05, 3.63) is 47.7 Å². The molecule has 0 bridgehead atoms. The lowest BCUT2D eigenvalue weighted by Gasteiger charge is -2.34. The maximum absolute atomic E-state index is 14.8. The first-order chi connectivity index (χ1) is 15.2. The Hall–Kier alpha value is -3.26. The fourth-order valence-corrected chi connectivity index (χ4v) is 5.25. The zero-order valence-corrected chi connectivity index (χ0v) is 17.6. The largest absolute Gasteiger partial charge is 0.463 e. The predicted octanol–water partition coefficient (Wildman–Crippen LogP) is 3.18. The highest BCUT2D eigenvalue weighted by Gasteiger charge is 2.71. The number of terminal acetylenes is 1. The molecule has 0 unspecified atom stereocenters. The fourth-order valence-electron chi connectivity index (χ4n) is 3.91. The molecule has 3 N–H and O–H groups in total. The number of benzene rings is 1. The summed E-state index contributed by atoms with van der Waals surface area (Å²) in [6, 6.07) is 3.89. The molecule has 0 radical (unpaired) electrons. The number of carbonyl (C=O) groups excluding carboxylic acids is 1. The predicted molar refractivity (Wildman–Crippen MR) is 114 cm³/mol. The second-order valence-electron chi connectivity index (χ2n) is 7.59. The Morgan fingerprint density at radius 2 is 2.22 bits per heavy atom. The SMILES string of the molecule is C#CCOc1cnc(C(=O)Nc2ccc(F)c([C@]3(C)N=C(N)S[C@@]4(C(F)F)C[C@@H]34)c2)cn1. The number of ether oxygens (including phenoxy) is 1. The lowest BCUT2D eigenvalue weighted by atomic mass is 9.85. The van der Waals surface area contributed by atoms with E-state index in [0.717, 1.165) is 17.8 Å². The van der Waals surface area contributed by atoms with E-state index in [1.54, 1.807) is 6.92 Å². The van der Waals surface area contributed by atoms with E-state index >= 15 is 0 Å². The monoisotopic (exact) mass is 461 g/mol. The third-order valence-electron chi connectivity index (χ3n) is 5.57. The highest BCUT2D eigenvalue weighted by molar-refractivity contribution is 8.15. The van der Waals surface area contributed by atoms with Crippen molar-refractivity contribution < 1.29 is 22.7 Å². The van der Waals surface area contributed by atoms with Crippen LogP contribution >= 0.6 is 11.8 Å². The Labute approximate surface area is 186 Å². The zero-order valence-electron chi connectivity index (χ0n) is 16.8. The van der Waals surface area contributed by atoms with Crippen LogP contribution in [0.15, 0.2) is 35.6 Å². The van der Waals surface area contributed by atoms with E-state index in [9.17, 15) is 18.0 Å². The third kappa shape index (κ3) is 3.75. The maximum Gasteiger partial charge on any atom is 0.275 e. The van der Waals surface area contributed by atoms with Gasteiger partial charge in [-0.25, -0.2) is 23.1 Å². The molecule has 7 nitrogen and oxygen atoms in total. The molecule has 2 heterocycles. The number of anilines is 1. The number of thioether (sulfide) groups is 1. The van der Waals surface area contributed by atoms with Gasteiger partial charge in [0, 0.05) is 17.2 Å². The molecule has 1 aromatic heterocycles. The van der Waals surface area contributed by atoms with Crippen molar-refractivity contribution in [1.29, 1.82) is 0 Å². The second-order valence-corrected chi connectivity index (χ2v) is 8.98. The topological polar surface area (TPSA) is 102 Å². The summed E-state index contributed by atoms with van der Waals surface area (Å²) in [5, 5.41) is 2.59. The molecule has 166 valence electrons. The average molecular weight is 461 g/mol. The number of amides is 1. The van der Waals surface area contributed by atoms with Gasteiger partial charge in [0.2, 0.25) is 5.88 Å². The number of nitrogens with two attached hydrogens (primary N) is 1. The number of halogens is 3. The van der Waals surface area contributed by atoms with Crippen LogP contribution in [0.3, 0.4) is 0 Å². The molecule has 1 aliphatic carbocycles. The number of nitrogens with zero attached hydrogens (tertiary/aromatic N) is 3. The van der Waals surface area contributed by atoms with Gasteiger partial charge >= 0.3 is 0 Å². The summed E-state index contributed by atoms with van der Waals surface area (Å²) in [5.74, 6) is 0.632. The number of carbonyl (C=O) groups is 1. The molecule has 1 saturated carbocycles. The lowest BCUT2D eigenvalue weighted by molar-refractivity contribution is 0.102. The normalized spacial score (nSPS) is 26.0. The van der Waals surface area contributed by atoms with Gasteiger partial charge in [0.25, 0.3) is 12.3 Å². The first-order valence-corrected chi connectivity index (χ1v) is 10.3. The number of rotatable bonds is 6. The average Bonchev–Trinajstić information content (AvgIpc) is 3.51. The molecule has 2 aromatic rings. The Bertz CT molecular complexity index is 1140. The Morgan fingerprint density at radius 3 is 2.88 bits per heavy atom. The maximum atomic E-state index is 14.8. The third-order valence-corrected chi connectivity index (χ3v) is 6.88. The van der Waals surface area contributed by atoms with Gasteiger partial charge in [0.05, 0.1) is 22.7 Å². The van der Waals surface area contributed by atoms with Gasteiger partial charge in [-0.3, -0.25) is 9.79 Å². The van der Waals surface area contributed by atoms with Crippen LogP contribution in [-0.2, 0) is 5.54 Å². The van der Waals surface area contributed by atoms with Crippen molar-refractivity contribution in [1.82, 2.24) is 9.97 Å². The molecule has 0 saturated heterocycles. The number of nitrogens with one attached hydrogen (secondary N) is 1. The van der Waals surface area contributed by atoms with E-state index in [-0.39, 0.29) is 41.0 Å². The van der Waals surface area contributed by atoms with Crippen LogP contribution in [0, 0.1) is 24.1 Å². The molecule has 1 aliphatic heterocycles. The van der Waals surface area contributed by atoms with Gasteiger partial charge in [0.15, 0.2) is 11.8 Å². The van der Waals surface area contributed by atoms with Crippen LogP contribution in [0.1, 0.15) is 29.4 Å². The van der Waals surface area contributed by atoms with E-state index < -0.39 is 34.4 Å². The summed E-state index contributed by atoms with van der Waals surface area (Å²) in [6.45, 7) is 1.59. The van der Waals surface area contributed by atoms with E-state index in [2.05, 4.69) is 26.2 Å². The minimum Gasteiger partial charge on any atom is -0.463 e. The summed E-state index contributed by atoms with van der Waals surface area (Å²) in [7, 11) is 0. The summed E-state index contributed by atoms with van der Waals surface area (Å²) < 4.78 is 45.9. The molecular weight excluding hydrogens is 443 g/mol. The zero-order chi connectivity index (χ0) is 23.1. The number of hydrogen-bond acceptors (Lipinski definition) is 7. The highest BCUT2D eigenvalue weighted by Crippen LogP contribution is 2.68. The molecule has 3 atom stereocenters. The molecule has 0 spiro atoms. The molecule has 1 fully saturated rings. The number of hydrogen-bond donors (Lipinski definition) is 2. The van der Waals surface area contributed by atoms with E-state index in [1.165, 1.54) is 24.5 Å². The number of aliphatic imine (C=N–C) groups is 1. The van der Waals surface area contributed by atoms with Crippen molar-refractivity contribution in [3.63, 3.8) is 0 Å². The molecule has 1 amide bonds. The minimum atomic E-state index is -2.62. The molecule has 32 heavy (non-hydrogen) atoms. The van der Waals surface area contributed by atoms with E-state index in [0.29, 0.717) is 0 Å². The second kappa shape index (κ2) is 8.02. The van der Waals surface area contributed by atoms with E-state index in [1.807, 2.05) is 0 Å². The van der Waals surface area contributed by atoms with Gasteiger partial charge in [-0.15, -0.1) is 6.42 Å². The van der Waals surface area contributed by atoms with Crippen LogP contribution in [0.5, 0.6) is 5.88 Å². The summed E-state index contributed by atoms with van der Waals surface area (Å²) >= 11 is 0.841. The molecular formula is C21H18F3N5O2S. The number of amidine groups is 1. The van der Waals surface area contributed by atoms with Gasteiger partial charge < -0.3 is 15.8 Å². The smallest absolute Gasteiger partial charge is 0.275 e. The Kier molecular flexibility index (Phi) is 5.50. The first-order valence-electron chi connectivity index (χ1n) is 9.52. The number of aromatic nitrogens is 2. The van der Waals surface area contributed by atoms with Crippen molar-refractivity contribution in [3.8, 4) is 18.2 Å². The van der Waals surface area contributed by atoms with Gasteiger partial charge in [-0.2, -0.15) is 0 Å². The molecule has 1 aromatic carbocycles. The van der Waals surface area contributed by atoms with Crippen molar-refractivity contribution >= 4 is 28.5 Å². The van der Waals surface area contributed by atoms with E-state index in [4.69, 9.17) is 16.9 Å². The minimum absolute atomic E-state index is 0.00890. The van der Waals surface area contributed by atoms with Crippen LogP contribution in [0.2, 0.25) is 0 Å². The van der Waals surface area contributed by atoms with Gasteiger partial charge in [-0.05, 0) is 31.5 Å². The number of fused-ring (bicyclic) bond motifs is 1. The van der Waals surface area contributed by atoms with Crippen molar-refractivity contribution in [2.45, 2.75) is 30.1 Å². The highest BCUT2D eigenvalue weighted by atomic mass is 32.2. The lowest BCUT2D eigenvalue weighted by Crippen LogP contribution is -2.38. The van der Waals surface area contributed by atoms with Crippen molar-refractivity contribution in [2.24, 2.45) is 16.6 Å². The summed E-state index contributed by atoms with van der Waals surface area (Å²) in [4.78, 5) is 24.8. The summed E-state index contributed by atoms with van der Waals surface area (Å²) in [5.41, 5.74) is 4.86. The Morgan fingerprint density at radius 1 is 1.44 bits per heavy atom. The van der Waals surface area contributed by atoms with Crippen LogP contribution in [0.4, 0.5) is 18.9 Å². The van der Waals surface area contributed by atoms with Crippen LogP contribution in [0.25, 0.3) is 0 Å². The summed E-state index contributed by atoms with van der Waals surface area (Å²) in [6.07, 6.45) is 5.09. The standard InChI is InChI=1S/C21H18F3N5O2S/c1-3-6-31-16-10-26-14(9-27-16)17(30)28-11-4-5-13(22)12(7-11)20(2)15-8-21(15,18(23)24)32-19(25)29-20/h1,4-5,7,9-10,15,18H,6,8H2,2H3,(H2,25,29)(H,28,30)/t15-,20-,21-/m0/s1.